The molecule has 0 bridgehead atoms. The monoisotopic (exact) mass is 284 g/mol. The zero-order chi connectivity index (χ0) is 15.2. The summed E-state index contributed by atoms with van der Waals surface area (Å²) < 4.78 is 5.72. The normalized spacial score (nSPS) is 24.0. The molecule has 1 unspecified atom stereocenters. The van der Waals surface area contributed by atoms with Crippen molar-refractivity contribution >= 4 is 0 Å². The average Bonchev–Trinajstić information content (AvgIpc) is 2.42. The van der Waals surface area contributed by atoms with Gasteiger partial charge in [0.15, 0.2) is 0 Å². The Morgan fingerprint density at radius 2 is 1.80 bits per heavy atom. The molecule has 0 aromatic carbocycles. The molecule has 3 heteroatoms. The second-order valence-corrected chi connectivity index (χ2v) is 7.33. The smallest absolute Gasteiger partial charge is 0.0593 e. The zero-order valence-electron chi connectivity index (χ0n) is 14.6. The van der Waals surface area contributed by atoms with Crippen molar-refractivity contribution in [3.63, 3.8) is 0 Å². The van der Waals surface area contributed by atoms with E-state index in [1.54, 1.807) is 0 Å². The summed E-state index contributed by atoms with van der Waals surface area (Å²) in [5, 5.41) is 3.84. The number of nitrogens with one attached hydrogen (secondary N) is 1. The molecule has 0 radical (unpaired) electrons. The highest BCUT2D eigenvalue weighted by atomic mass is 16.5. The summed E-state index contributed by atoms with van der Waals surface area (Å²) in [4.78, 5) is 2.67. The van der Waals surface area contributed by atoms with Gasteiger partial charge in [0, 0.05) is 37.8 Å². The molecule has 1 aliphatic heterocycles. The first-order chi connectivity index (χ1) is 9.38. The van der Waals surface area contributed by atoms with Gasteiger partial charge in [-0.1, -0.05) is 41.5 Å². The van der Waals surface area contributed by atoms with E-state index in [0.717, 1.165) is 39.3 Å². The highest BCUT2D eigenvalue weighted by Gasteiger charge is 2.40. The van der Waals surface area contributed by atoms with Crippen LogP contribution in [0.2, 0.25) is 0 Å². The van der Waals surface area contributed by atoms with Gasteiger partial charge >= 0.3 is 0 Å². The number of rotatable bonds is 7. The maximum absolute atomic E-state index is 5.72. The molecule has 0 aliphatic carbocycles. The van der Waals surface area contributed by atoms with Crippen LogP contribution in [0.15, 0.2) is 0 Å². The fraction of sp³-hybridized carbons (Fsp3) is 1.00. The summed E-state index contributed by atoms with van der Waals surface area (Å²) in [6.07, 6.45) is 3.51. The fourth-order valence-electron chi connectivity index (χ4n) is 3.24. The van der Waals surface area contributed by atoms with Crippen LogP contribution < -0.4 is 5.32 Å². The largest absolute Gasteiger partial charge is 0.380 e. The minimum Gasteiger partial charge on any atom is -0.380 e. The van der Waals surface area contributed by atoms with Gasteiger partial charge in [-0.2, -0.15) is 0 Å². The predicted molar refractivity (Wildman–Crippen MR) is 87.2 cm³/mol. The van der Waals surface area contributed by atoms with Crippen molar-refractivity contribution in [2.75, 3.05) is 32.8 Å². The van der Waals surface area contributed by atoms with Crippen molar-refractivity contribution < 1.29 is 4.74 Å². The lowest BCUT2D eigenvalue weighted by molar-refractivity contribution is -0.00186. The van der Waals surface area contributed by atoms with Gasteiger partial charge in [-0.25, -0.2) is 0 Å². The molecule has 1 atom stereocenters. The van der Waals surface area contributed by atoms with Crippen molar-refractivity contribution in [2.45, 2.75) is 72.4 Å². The van der Waals surface area contributed by atoms with Gasteiger partial charge in [-0.05, 0) is 24.7 Å². The van der Waals surface area contributed by atoms with E-state index in [9.17, 15) is 0 Å². The Bertz CT molecular complexity index is 269. The van der Waals surface area contributed by atoms with Gasteiger partial charge < -0.3 is 10.1 Å². The van der Waals surface area contributed by atoms with Crippen LogP contribution >= 0.6 is 0 Å². The molecule has 1 saturated heterocycles. The molecule has 1 heterocycles. The molecule has 1 N–H and O–H groups in total. The Morgan fingerprint density at radius 1 is 1.15 bits per heavy atom. The van der Waals surface area contributed by atoms with Crippen LogP contribution in [0.3, 0.4) is 0 Å². The van der Waals surface area contributed by atoms with E-state index in [-0.39, 0.29) is 0 Å². The maximum Gasteiger partial charge on any atom is 0.0593 e. The summed E-state index contributed by atoms with van der Waals surface area (Å²) >= 11 is 0. The molecule has 1 rings (SSSR count). The summed E-state index contributed by atoms with van der Waals surface area (Å²) in [7, 11) is 0. The first-order valence-corrected chi connectivity index (χ1v) is 8.45. The molecule has 1 aliphatic rings. The molecular formula is C17H36N2O. The molecule has 0 saturated carbocycles. The number of piperazine rings is 1. The second-order valence-electron chi connectivity index (χ2n) is 7.33. The third kappa shape index (κ3) is 4.71. The van der Waals surface area contributed by atoms with E-state index >= 15 is 0 Å². The Labute approximate surface area is 126 Å². The minimum absolute atomic E-state index is 0.298. The molecule has 0 aromatic heterocycles. The summed E-state index contributed by atoms with van der Waals surface area (Å²) in [5.74, 6) is 0. The maximum atomic E-state index is 5.72. The molecule has 0 spiro atoms. The van der Waals surface area contributed by atoms with Gasteiger partial charge in [0.25, 0.3) is 0 Å². The molecule has 1 fully saturated rings. The highest BCUT2D eigenvalue weighted by Crippen LogP contribution is 2.31. The van der Waals surface area contributed by atoms with Crippen LogP contribution in [0, 0.1) is 5.41 Å². The van der Waals surface area contributed by atoms with Crippen LogP contribution in [0.1, 0.15) is 60.8 Å². The second kappa shape index (κ2) is 7.77. The van der Waals surface area contributed by atoms with Crippen molar-refractivity contribution in [1.29, 1.82) is 0 Å². The minimum atomic E-state index is 0.298. The third-order valence-electron chi connectivity index (χ3n) is 4.84. The van der Waals surface area contributed by atoms with Gasteiger partial charge in [0.05, 0.1) is 6.61 Å². The van der Waals surface area contributed by atoms with E-state index in [2.05, 4.69) is 51.8 Å². The average molecular weight is 284 g/mol. The van der Waals surface area contributed by atoms with Crippen molar-refractivity contribution in [3.05, 3.63) is 0 Å². The Kier molecular flexibility index (Phi) is 6.96. The van der Waals surface area contributed by atoms with Crippen LogP contribution in [-0.2, 0) is 4.74 Å². The number of ether oxygens (including phenoxy) is 1. The fourth-order valence-corrected chi connectivity index (χ4v) is 3.24. The lowest BCUT2D eigenvalue weighted by Crippen LogP contribution is -2.66. The SMILES string of the molecule is CCCOCCN1CC(CC)(CC)NCC1C(C)(C)C. The van der Waals surface area contributed by atoms with E-state index in [0.29, 0.717) is 17.0 Å². The van der Waals surface area contributed by atoms with Crippen molar-refractivity contribution in [2.24, 2.45) is 5.41 Å². The predicted octanol–water partition coefficient (Wildman–Crippen LogP) is 3.29. The Hall–Kier alpha value is -0.120. The number of hydrogen-bond acceptors (Lipinski definition) is 3. The van der Waals surface area contributed by atoms with E-state index in [1.807, 2.05) is 0 Å². The zero-order valence-corrected chi connectivity index (χ0v) is 14.6. The summed E-state index contributed by atoms with van der Waals surface area (Å²) in [5.41, 5.74) is 0.609. The summed E-state index contributed by atoms with van der Waals surface area (Å²) in [6, 6.07) is 0.596. The molecule has 20 heavy (non-hydrogen) atoms. The molecule has 3 nitrogen and oxygen atoms in total. The van der Waals surface area contributed by atoms with Crippen LogP contribution in [0.25, 0.3) is 0 Å². The molecule has 0 amide bonds. The Balaban J connectivity index is 2.68. The van der Waals surface area contributed by atoms with E-state index in [1.165, 1.54) is 12.8 Å². The lowest BCUT2D eigenvalue weighted by Gasteiger charge is -2.51. The Morgan fingerprint density at radius 3 is 2.30 bits per heavy atom. The van der Waals surface area contributed by atoms with Crippen molar-refractivity contribution in [3.8, 4) is 0 Å². The van der Waals surface area contributed by atoms with Crippen LogP contribution in [-0.4, -0.2) is 49.3 Å². The third-order valence-corrected chi connectivity index (χ3v) is 4.84. The first-order valence-electron chi connectivity index (χ1n) is 8.45. The number of nitrogens with zero attached hydrogens (tertiary/aromatic N) is 1. The van der Waals surface area contributed by atoms with Gasteiger partial charge in [0.2, 0.25) is 0 Å². The molecule has 0 aromatic rings. The van der Waals surface area contributed by atoms with E-state index in [4.69, 9.17) is 4.74 Å². The highest BCUT2D eigenvalue weighted by molar-refractivity contribution is 4.99. The van der Waals surface area contributed by atoms with Crippen LogP contribution in [0.5, 0.6) is 0 Å². The van der Waals surface area contributed by atoms with Gasteiger partial charge in [0.1, 0.15) is 0 Å². The van der Waals surface area contributed by atoms with Crippen LogP contribution in [0.4, 0.5) is 0 Å². The first kappa shape index (κ1) is 17.9. The van der Waals surface area contributed by atoms with Gasteiger partial charge in [-0.3, -0.25) is 4.90 Å². The molecular weight excluding hydrogens is 248 g/mol. The number of hydrogen-bond donors (Lipinski definition) is 1. The topological polar surface area (TPSA) is 24.5 Å². The standard InChI is InChI=1S/C17H36N2O/c1-7-11-20-12-10-19-14-17(8-2,9-3)18-13-15(19)16(4,5)6/h15,18H,7-14H2,1-6H3. The lowest BCUT2D eigenvalue weighted by atomic mass is 9.80. The van der Waals surface area contributed by atoms with Crippen molar-refractivity contribution in [1.82, 2.24) is 10.2 Å². The molecule has 120 valence electrons. The summed E-state index contributed by atoms with van der Waals surface area (Å²) in [6.45, 7) is 18.9. The van der Waals surface area contributed by atoms with Gasteiger partial charge in [-0.15, -0.1) is 0 Å². The van der Waals surface area contributed by atoms with E-state index < -0.39 is 0 Å². The quantitative estimate of drug-likeness (QED) is 0.726.